The van der Waals surface area contributed by atoms with Gasteiger partial charge in [-0.25, -0.2) is 9.59 Å². The van der Waals surface area contributed by atoms with Crippen molar-refractivity contribution in [1.29, 1.82) is 0 Å². The van der Waals surface area contributed by atoms with Gasteiger partial charge in [-0.3, -0.25) is 0 Å². The van der Waals surface area contributed by atoms with Crippen LogP contribution in [0.15, 0.2) is 36.5 Å². The molecule has 0 aliphatic carbocycles. The van der Waals surface area contributed by atoms with Gasteiger partial charge >= 0.3 is 11.9 Å². The van der Waals surface area contributed by atoms with Gasteiger partial charge in [0, 0.05) is 0 Å². The lowest BCUT2D eigenvalue weighted by atomic mass is 10.0. The van der Waals surface area contributed by atoms with Gasteiger partial charge in [-0.2, -0.15) is 0 Å². The zero-order valence-corrected chi connectivity index (χ0v) is 7.69. The molecule has 0 unspecified atom stereocenters. The predicted octanol–water partition coefficient (Wildman–Crippen LogP) is 1.60. The molecule has 2 N–H and O–H groups in total. The lowest BCUT2D eigenvalue weighted by Crippen LogP contribution is -2.10. The maximum atomic E-state index is 10.7. The van der Waals surface area contributed by atoms with Gasteiger partial charge in [-0.15, -0.1) is 13.2 Å². The van der Waals surface area contributed by atoms with E-state index in [0.717, 1.165) is 0 Å². The molecule has 14 heavy (non-hydrogen) atoms. The van der Waals surface area contributed by atoms with Gasteiger partial charge in [0.15, 0.2) is 0 Å². The molecule has 0 saturated carbocycles. The minimum Gasteiger partial charge on any atom is -0.478 e. The van der Waals surface area contributed by atoms with Gasteiger partial charge in [0.25, 0.3) is 0 Å². The van der Waals surface area contributed by atoms with Crippen LogP contribution in [0, 0.1) is 0 Å². The Morgan fingerprint density at radius 3 is 1.36 bits per heavy atom. The van der Waals surface area contributed by atoms with Crippen LogP contribution in [0.25, 0.3) is 0 Å². The Balaban J connectivity index is 5.23. The highest BCUT2D eigenvalue weighted by atomic mass is 16.4. The third kappa shape index (κ3) is 3.26. The summed E-state index contributed by atoms with van der Waals surface area (Å²) >= 11 is 0. The highest BCUT2D eigenvalue weighted by Gasteiger charge is 2.17. The van der Waals surface area contributed by atoms with E-state index in [1.807, 2.05) is 0 Å². The second-order valence-corrected chi connectivity index (χ2v) is 2.55. The Morgan fingerprint density at radius 2 is 1.21 bits per heavy atom. The third-order valence-electron chi connectivity index (χ3n) is 1.58. The van der Waals surface area contributed by atoms with Crippen molar-refractivity contribution in [2.45, 2.75) is 12.8 Å². The van der Waals surface area contributed by atoms with Crippen LogP contribution in [0.2, 0.25) is 0 Å². The fourth-order valence-electron chi connectivity index (χ4n) is 0.968. The second-order valence-electron chi connectivity index (χ2n) is 2.55. The fraction of sp³-hybridized carbons (Fsp3) is 0.200. The molecular weight excluding hydrogens is 184 g/mol. The van der Waals surface area contributed by atoms with E-state index in [4.69, 9.17) is 10.2 Å². The summed E-state index contributed by atoms with van der Waals surface area (Å²) in [6, 6.07) is 0. The summed E-state index contributed by atoms with van der Waals surface area (Å²) in [6.45, 7) is 6.74. The quantitative estimate of drug-likeness (QED) is 0.500. The summed E-state index contributed by atoms with van der Waals surface area (Å²) in [7, 11) is 0. The number of carboxylic acids is 2. The Kier molecular flexibility index (Phi) is 4.99. The van der Waals surface area contributed by atoms with Crippen LogP contribution in [0.1, 0.15) is 12.8 Å². The molecule has 0 heterocycles. The van der Waals surface area contributed by atoms with E-state index in [2.05, 4.69) is 13.2 Å². The van der Waals surface area contributed by atoms with E-state index < -0.39 is 11.9 Å². The minimum atomic E-state index is -1.23. The Bertz CT molecular complexity index is 269. The molecule has 0 radical (unpaired) electrons. The zero-order valence-electron chi connectivity index (χ0n) is 7.69. The summed E-state index contributed by atoms with van der Waals surface area (Å²) in [5.41, 5.74) is -0.292. The first kappa shape index (κ1) is 12.2. The van der Waals surface area contributed by atoms with Gasteiger partial charge < -0.3 is 10.2 Å². The van der Waals surface area contributed by atoms with Gasteiger partial charge in [-0.1, -0.05) is 12.2 Å². The molecule has 76 valence electrons. The summed E-state index contributed by atoms with van der Waals surface area (Å²) in [5, 5.41) is 17.5. The monoisotopic (exact) mass is 196 g/mol. The van der Waals surface area contributed by atoms with Crippen LogP contribution in [-0.2, 0) is 9.59 Å². The molecule has 0 bridgehead atoms. The van der Waals surface area contributed by atoms with Crippen LogP contribution >= 0.6 is 0 Å². The smallest absolute Gasteiger partial charge is 0.332 e. The molecule has 0 atom stereocenters. The molecular formula is C10H12O4. The molecule has 0 spiro atoms. The molecule has 0 fully saturated rings. The largest absolute Gasteiger partial charge is 0.478 e. The number of hydrogen-bond donors (Lipinski definition) is 2. The van der Waals surface area contributed by atoms with Crippen molar-refractivity contribution in [2.24, 2.45) is 0 Å². The van der Waals surface area contributed by atoms with Crippen LogP contribution in [0.5, 0.6) is 0 Å². The number of hydrogen-bond acceptors (Lipinski definition) is 2. The van der Waals surface area contributed by atoms with Gasteiger partial charge in [0.1, 0.15) is 0 Å². The molecule has 0 amide bonds. The first-order chi connectivity index (χ1) is 6.54. The molecule has 4 heteroatoms. The Hall–Kier alpha value is -1.84. The highest BCUT2D eigenvalue weighted by molar-refractivity contribution is 5.99. The Labute approximate surface area is 81.9 Å². The number of allylic oxidation sites excluding steroid dienone is 2. The van der Waals surface area contributed by atoms with Crippen molar-refractivity contribution < 1.29 is 19.8 Å². The van der Waals surface area contributed by atoms with Crippen molar-refractivity contribution in [3.05, 3.63) is 36.5 Å². The van der Waals surface area contributed by atoms with E-state index >= 15 is 0 Å². The van der Waals surface area contributed by atoms with E-state index in [9.17, 15) is 9.59 Å². The number of carbonyl (C=O) groups is 2. The van der Waals surface area contributed by atoms with Gasteiger partial charge in [0.2, 0.25) is 0 Å². The first-order valence-corrected chi connectivity index (χ1v) is 3.95. The lowest BCUT2D eigenvalue weighted by molar-refractivity contribution is -0.136. The molecule has 0 aromatic rings. The Morgan fingerprint density at radius 1 is 0.929 bits per heavy atom. The molecule has 0 aromatic carbocycles. The normalized spacial score (nSPS) is 11.4. The van der Waals surface area contributed by atoms with E-state index in [-0.39, 0.29) is 24.0 Å². The SMILES string of the molecule is C=CCC(C(=O)O)=C(CC=C)C(=O)O. The number of carboxylic acid groups (broad SMARTS) is 2. The van der Waals surface area contributed by atoms with Crippen molar-refractivity contribution >= 4 is 11.9 Å². The number of rotatable bonds is 6. The second kappa shape index (κ2) is 5.75. The average Bonchev–Trinajstić information content (AvgIpc) is 2.10. The summed E-state index contributed by atoms with van der Waals surface area (Å²) in [6.07, 6.45) is 2.78. The predicted molar refractivity (Wildman–Crippen MR) is 51.9 cm³/mol. The van der Waals surface area contributed by atoms with Gasteiger partial charge in [-0.05, 0) is 12.8 Å². The maximum absolute atomic E-state index is 10.7. The van der Waals surface area contributed by atoms with Gasteiger partial charge in [0.05, 0.1) is 11.1 Å². The highest BCUT2D eigenvalue weighted by Crippen LogP contribution is 2.14. The van der Waals surface area contributed by atoms with Crippen LogP contribution < -0.4 is 0 Å². The molecule has 0 aliphatic rings. The van der Waals surface area contributed by atoms with Crippen molar-refractivity contribution in [1.82, 2.24) is 0 Å². The third-order valence-corrected chi connectivity index (χ3v) is 1.58. The minimum absolute atomic E-state index is 0.0325. The first-order valence-electron chi connectivity index (χ1n) is 3.95. The van der Waals surface area contributed by atoms with E-state index in [1.165, 1.54) is 12.2 Å². The van der Waals surface area contributed by atoms with E-state index in [1.54, 1.807) is 0 Å². The maximum Gasteiger partial charge on any atom is 0.332 e. The summed E-state index contributed by atoms with van der Waals surface area (Å²) < 4.78 is 0. The zero-order chi connectivity index (χ0) is 11.1. The van der Waals surface area contributed by atoms with Crippen molar-refractivity contribution in [3.8, 4) is 0 Å². The van der Waals surface area contributed by atoms with Crippen LogP contribution in [0.4, 0.5) is 0 Å². The topological polar surface area (TPSA) is 74.6 Å². The number of aliphatic carboxylic acids is 2. The average molecular weight is 196 g/mol. The molecule has 0 aromatic heterocycles. The lowest BCUT2D eigenvalue weighted by Gasteiger charge is -2.04. The molecule has 0 aliphatic heterocycles. The molecule has 0 saturated heterocycles. The van der Waals surface area contributed by atoms with Crippen LogP contribution in [0.3, 0.4) is 0 Å². The standard InChI is InChI=1S/C10H12O4/c1-3-5-7(9(11)12)8(6-4-2)10(13)14/h3-4H,1-2,5-6H2,(H,11,12)(H,13,14). The summed E-state index contributed by atoms with van der Waals surface area (Å²) in [5.74, 6) is -2.46. The van der Waals surface area contributed by atoms with Crippen molar-refractivity contribution in [3.63, 3.8) is 0 Å². The van der Waals surface area contributed by atoms with Crippen LogP contribution in [-0.4, -0.2) is 22.2 Å². The molecule has 4 nitrogen and oxygen atoms in total. The van der Waals surface area contributed by atoms with Crippen molar-refractivity contribution in [2.75, 3.05) is 0 Å². The molecule has 0 rings (SSSR count). The fourth-order valence-corrected chi connectivity index (χ4v) is 0.968. The van der Waals surface area contributed by atoms with E-state index in [0.29, 0.717) is 0 Å². The summed E-state index contributed by atoms with van der Waals surface area (Å²) in [4.78, 5) is 21.4.